The minimum absolute atomic E-state index is 0.104. The van der Waals surface area contributed by atoms with Gasteiger partial charge in [-0.1, -0.05) is 17.7 Å². The molecule has 0 atom stereocenters. The van der Waals surface area contributed by atoms with Gasteiger partial charge in [0.25, 0.3) is 0 Å². The maximum atomic E-state index is 12.0. The molecular formula is C13H11NO5S. The van der Waals surface area contributed by atoms with Gasteiger partial charge in [0.1, 0.15) is 10.7 Å². The van der Waals surface area contributed by atoms with Gasteiger partial charge >= 0.3 is 5.88 Å². The van der Waals surface area contributed by atoms with Gasteiger partial charge in [-0.3, -0.25) is 10.1 Å². The van der Waals surface area contributed by atoms with E-state index in [1.165, 1.54) is 24.3 Å². The van der Waals surface area contributed by atoms with Crippen molar-refractivity contribution in [3.8, 4) is 0 Å². The number of furan rings is 1. The fourth-order valence-corrected chi connectivity index (χ4v) is 2.48. The molecule has 7 heteroatoms. The van der Waals surface area contributed by atoms with Gasteiger partial charge in [-0.2, -0.15) is 0 Å². The van der Waals surface area contributed by atoms with Gasteiger partial charge in [-0.05, 0) is 31.2 Å². The standard InChI is InChI=1S/C13H11NO5S/c1-10-2-5-12(6-3-10)20(17,18)9-8-11-4-7-13(19-11)14(15)16/h2-9H,1H3/b9-8-. The van der Waals surface area contributed by atoms with Crippen molar-refractivity contribution in [1.82, 2.24) is 0 Å². The van der Waals surface area contributed by atoms with E-state index in [9.17, 15) is 18.5 Å². The molecule has 0 bridgehead atoms. The van der Waals surface area contributed by atoms with Crippen LogP contribution in [-0.2, 0) is 9.84 Å². The van der Waals surface area contributed by atoms with Crippen LogP contribution < -0.4 is 0 Å². The predicted molar refractivity (Wildman–Crippen MR) is 72.8 cm³/mol. The maximum absolute atomic E-state index is 12.0. The summed E-state index contributed by atoms with van der Waals surface area (Å²) in [5.41, 5.74) is 0.953. The van der Waals surface area contributed by atoms with Crippen LogP contribution in [0.1, 0.15) is 11.3 Å². The Balaban J connectivity index is 2.25. The molecule has 0 aliphatic rings. The van der Waals surface area contributed by atoms with Gasteiger partial charge in [0.2, 0.25) is 0 Å². The van der Waals surface area contributed by atoms with Crippen molar-refractivity contribution in [1.29, 1.82) is 0 Å². The summed E-state index contributed by atoms with van der Waals surface area (Å²) < 4.78 is 28.8. The largest absolute Gasteiger partial charge is 0.433 e. The molecule has 104 valence electrons. The van der Waals surface area contributed by atoms with Gasteiger partial charge < -0.3 is 4.42 Å². The van der Waals surface area contributed by atoms with Crippen molar-refractivity contribution in [2.75, 3.05) is 0 Å². The Kier molecular flexibility index (Phi) is 3.71. The molecule has 0 amide bonds. The van der Waals surface area contributed by atoms with Crippen molar-refractivity contribution < 1.29 is 17.8 Å². The van der Waals surface area contributed by atoms with E-state index in [2.05, 4.69) is 0 Å². The second-order valence-corrected chi connectivity index (χ2v) is 5.93. The van der Waals surface area contributed by atoms with E-state index in [1.807, 2.05) is 6.92 Å². The monoisotopic (exact) mass is 293 g/mol. The second kappa shape index (κ2) is 5.30. The highest BCUT2D eigenvalue weighted by atomic mass is 32.2. The van der Waals surface area contributed by atoms with Gasteiger partial charge in [0, 0.05) is 5.41 Å². The molecule has 0 saturated heterocycles. The van der Waals surface area contributed by atoms with Crippen LogP contribution in [0.25, 0.3) is 6.08 Å². The summed E-state index contributed by atoms with van der Waals surface area (Å²) >= 11 is 0. The van der Waals surface area contributed by atoms with Gasteiger partial charge in [-0.25, -0.2) is 8.42 Å². The number of nitrogens with zero attached hydrogens (tertiary/aromatic N) is 1. The van der Waals surface area contributed by atoms with Crippen LogP contribution in [0.2, 0.25) is 0 Å². The van der Waals surface area contributed by atoms with Crippen LogP contribution in [0.5, 0.6) is 0 Å². The van der Waals surface area contributed by atoms with Crippen molar-refractivity contribution in [3.63, 3.8) is 0 Å². The third-order valence-electron chi connectivity index (χ3n) is 2.55. The first kappa shape index (κ1) is 14.0. The summed E-state index contributed by atoms with van der Waals surface area (Å²) in [6.45, 7) is 1.86. The number of sulfone groups is 1. The van der Waals surface area contributed by atoms with Crippen molar-refractivity contribution in [2.45, 2.75) is 11.8 Å². The topological polar surface area (TPSA) is 90.4 Å². The molecule has 2 aromatic rings. The van der Waals surface area contributed by atoms with Crippen molar-refractivity contribution in [3.05, 3.63) is 63.2 Å². The third-order valence-corrected chi connectivity index (χ3v) is 3.98. The van der Waals surface area contributed by atoms with Crippen LogP contribution >= 0.6 is 0 Å². The predicted octanol–water partition coefficient (Wildman–Crippen LogP) is 2.94. The van der Waals surface area contributed by atoms with E-state index >= 15 is 0 Å². The lowest BCUT2D eigenvalue weighted by Gasteiger charge is -1.99. The van der Waals surface area contributed by atoms with E-state index in [0.717, 1.165) is 17.0 Å². The summed E-state index contributed by atoms with van der Waals surface area (Å²) in [5.74, 6) is -0.329. The lowest BCUT2D eigenvalue weighted by molar-refractivity contribution is -0.402. The molecule has 1 aromatic carbocycles. The minimum atomic E-state index is -3.60. The highest BCUT2D eigenvalue weighted by molar-refractivity contribution is 7.94. The highest BCUT2D eigenvalue weighted by Crippen LogP contribution is 2.19. The fraction of sp³-hybridized carbons (Fsp3) is 0.0769. The molecular weight excluding hydrogens is 282 g/mol. The Hall–Kier alpha value is -2.41. The molecule has 0 aliphatic heterocycles. The molecule has 0 N–H and O–H groups in total. The van der Waals surface area contributed by atoms with E-state index in [0.29, 0.717) is 0 Å². The van der Waals surface area contributed by atoms with E-state index in [4.69, 9.17) is 4.42 Å². The molecule has 6 nitrogen and oxygen atoms in total. The SMILES string of the molecule is Cc1ccc(S(=O)(=O)/C=C\c2ccc([N+](=O)[O-])o2)cc1. The molecule has 1 heterocycles. The Morgan fingerprint density at radius 3 is 2.35 bits per heavy atom. The zero-order valence-electron chi connectivity index (χ0n) is 10.5. The number of hydrogen-bond acceptors (Lipinski definition) is 5. The molecule has 0 aliphatic carbocycles. The lowest BCUT2D eigenvalue weighted by Crippen LogP contribution is -1.95. The quantitative estimate of drug-likeness (QED) is 0.638. The first-order valence-electron chi connectivity index (χ1n) is 5.62. The van der Waals surface area contributed by atoms with E-state index in [1.54, 1.807) is 12.1 Å². The lowest BCUT2D eigenvalue weighted by atomic mass is 10.2. The zero-order chi connectivity index (χ0) is 14.8. The average Bonchev–Trinajstić information content (AvgIpc) is 2.86. The molecule has 0 fully saturated rings. The van der Waals surface area contributed by atoms with Gasteiger partial charge in [0.15, 0.2) is 9.84 Å². The van der Waals surface area contributed by atoms with Crippen LogP contribution in [0, 0.1) is 17.0 Å². The Morgan fingerprint density at radius 1 is 1.15 bits per heavy atom. The molecule has 0 radical (unpaired) electrons. The van der Waals surface area contributed by atoms with Gasteiger partial charge in [0.05, 0.1) is 11.0 Å². The molecule has 1 aromatic heterocycles. The van der Waals surface area contributed by atoms with Crippen molar-refractivity contribution >= 4 is 21.8 Å². The number of rotatable bonds is 4. The fourth-order valence-electron chi connectivity index (χ4n) is 1.49. The molecule has 20 heavy (non-hydrogen) atoms. The third kappa shape index (κ3) is 3.12. The summed E-state index contributed by atoms with van der Waals surface area (Å²) in [7, 11) is -3.60. The van der Waals surface area contributed by atoms with Crippen LogP contribution in [0.15, 0.2) is 51.1 Å². The van der Waals surface area contributed by atoms with Crippen LogP contribution in [-0.4, -0.2) is 13.3 Å². The number of hydrogen-bond donors (Lipinski definition) is 0. The summed E-state index contributed by atoms with van der Waals surface area (Å²) in [6.07, 6.45) is 1.18. The Bertz CT molecular complexity index is 756. The van der Waals surface area contributed by atoms with Crippen molar-refractivity contribution in [2.24, 2.45) is 0 Å². The van der Waals surface area contributed by atoms with E-state index < -0.39 is 20.6 Å². The Morgan fingerprint density at radius 2 is 1.80 bits per heavy atom. The van der Waals surface area contributed by atoms with Gasteiger partial charge in [-0.15, -0.1) is 0 Å². The Labute approximate surface area is 115 Å². The average molecular weight is 293 g/mol. The number of benzene rings is 1. The highest BCUT2D eigenvalue weighted by Gasteiger charge is 2.12. The second-order valence-electron chi connectivity index (χ2n) is 4.09. The van der Waals surface area contributed by atoms with Crippen LogP contribution in [0.3, 0.4) is 0 Å². The molecule has 0 unspecified atom stereocenters. The first-order valence-corrected chi connectivity index (χ1v) is 7.17. The minimum Gasteiger partial charge on any atom is -0.401 e. The summed E-state index contributed by atoms with van der Waals surface area (Å²) in [6, 6.07) is 8.88. The smallest absolute Gasteiger partial charge is 0.401 e. The number of nitro groups is 1. The maximum Gasteiger partial charge on any atom is 0.433 e. The molecule has 2 rings (SSSR count). The number of aryl methyl sites for hydroxylation is 1. The summed E-state index contributed by atoms with van der Waals surface area (Å²) in [5, 5.41) is 11.4. The molecule has 0 saturated carbocycles. The normalized spacial score (nSPS) is 11.8. The first-order chi connectivity index (χ1) is 9.38. The van der Waals surface area contributed by atoms with E-state index in [-0.39, 0.29) is 10.7 Å². The van der Waals surface area contributed by atoms with Crippen LogP contribution in [0.4, 0.5) is 5.88 Å². The summed E-state index contributed by atoms with van der Waals surface area (Å²) in [4.78, 5) is 9.90. The zero-order valence-corrected chi connectivity index (χ0v) is 11.3. The molecule has 0 spiro atoms.